The van der Waals surface area contributed by atoms with E-state index in [0.29, 0.717) is 6.04 Å². The number of hydrogen-bond acceptors (Lipinski definition) is 4. The number of hydrogen-bond donors (Lipinski definition) is 1. The third-order valence-corrected chi connectivity index (χ3v) is 4.82. The first-order valence-electron chi connectivity index (χ1n) is 7.99. The van der Waals surface area contributed by atoms with Gasteiger partial charge in [-0.3, -0.25) is 4.90 Å². The highest BCUT2D eigenvalue weighted by Gasteiger charge is 2.24. The Bertz CT molecular complexity index is 559. The molecule has 1 aromatic carbocycles. The standard InChI is InChI=1S/C18H24N2OS/c1-14(2)21-16-7-5-15(6-8-16)18(17-4-3-13-22-17)20-11-9-19-10-12-20/h3-8,13-14,18-19H,9-12H2,1-2H3/t18-/m0/s1. The van der Waals surface area contributed by atoms with Crippen molar-refractivity contribution in [2.45, 2.75) is 26.0 Å². The lowest BCUT2D eigenvalue weighted by Crippen LogP contribution is -2.45. The second kappa shape index (κ2) is 7.27. The van der Waals surface area contributed by atoms with Crippen molar-refractivity contribution in [3.05, 3.63) is 52.2 Å². The fraction of sp³-hybridized carbons (Fsp3) is 0.444. The molecule has 0 unspecified atom stereocenters. The summed E-state index contributed by atoms with van der Waals surface area (Å²) in [6.07, 6.45) is 0.215. The van der Waals surface area contributed by atoms with Crippen LogP contribution in [0.2, 0.25) is 0 Å². The van der Waals surface area contributed by atoms with E-state index >= 15 is 0 Å². The molecule has 1 N–H and O–H groups in total. The van der Waals surface area contributed by atoms with Crippen molar-refractivity contribution >= 4 is 11.3 Å². The molecule has 3 nitrogen and oxygen atoms in total. The number of rotatable bonds is 5. The van der Waals surface area contributed by atoms with Gasteiger partial charge in [0.2, 0.25) is 0 Å². The van der Waals surface area contributed by atoms with Crippen molar-refractivity contribution in [2.24, 2.45) is 0 Å². The molecule has 0 spiro atoms. The van der Waals surface area contributed by atoms with Gasteiger partial charge in [-0.2, -0.15) is 0 Å². The maximum absolute atomic E-state index is 5.76. The molecular formula is C18H24N2OS. The zero-order valence-electron chi connectivity index (χ0n) is 13.3. The van der Waals surface area contributed by atoms with Gasteiger partial charge in [0.1, 0.15) is 5.75 Å². The van der Waals surface area contributed by atoms with Crippen LogP contribution in [0.4, 0.5) is 0 Å². The monoisotopic (exact) mass is 316 g/mol. The molecule has 0 radical (unpaired) electrons. The highest BCUT2D eigenvalue weighted by atomic mass is 32.1. The second-order valence-corrected chi connectivity index (χ2v) is 6.92. The largest absolute Gasteiger partial charge is 0.491 e. The summed E-state index contributed by atoms with van der Waals surface area (Å²) in [5.74, 6) is 0.948. The van der Waals surface area contributed by atoms with Crippen molar-refractivity contribution < 1.29 is 4.74 Å². The highest BCUT2D eigenvalue weighted by Crippen LogP contribution is 2.32. The number of nitrogens with zero attached hydrogens (tertiary/aromatic N) is 1. The lowest BCUT2D eigenvalue weighted by atomic mass is 10.0. The molecule has 1 atom stereocenters. The molecule has 1 aromatic heterocycles. The molecule has 1 aliphatic heterocycles. The molecule has 0 bridgehead atoms. The third kappa shape index (κ3) is 3.69. The summed E-state index contributed by atoms with van der Waals surface area (Å²) in [5.41, 5.74) is 1.35. The van der Waals surface area contributed by atoms with Gasteiger partial charge in [-0.15, -0.1) is 11.3 Å². The number of thiophene rings is 1. The second-order valence-electron chi connectivity index (χ2n) is 5.94. The van der Waals surface area contributed by atoms with E-state index in [1.54, 1.807) is 0 Å². The minimum Gasteiger partial charge on any atom is -0.491 e. The fourth-order valence-corrected chi connectivity index (χ4v) is 3.83. The van der Waals surface area contributed by atoms with Gasteiger partial charge in [0.05, 0.1) is 12.1 Å². The Kier molecular flexibility index (Phi) is 5.13. The minimum absolute atomic E-state index is 0.215. The summed E-state index contributed by atoms with van der Waals surface area (Å²) in [6.45, 7) is 8.43. The first-order chi connectivity index (χ1) is 10.7. The zero-order chi connectivity index (χ0) is 15.4. The molecule has 2 aromatic rings. The average molecular weight is 316 g/mol. The molecule has 1 fully saturated rings. The van der Waals surface area contributed by atoms with E-state index in [2.05, 4.69) is 65.8 Å². The van der Waals surface area contributed by atoms with Crippen LogP contribution in [0.25, 0.3) is 0 Å². The van der Waals surface area contributed by atoms with E-state index < -0.39 is 0 Å². The Morgan fingerprint density at radius 1 is 1.09 bits per heavy atom. The van der Waals surface area contributed by atoms with Crippen LogP contribution < -0.4 is 10.1 Å². The van der Waals surface area contributed by atoms with Crippen LogP contribution in [0.15, 0.2) is 41.8 Å². The number of ether oxygens (including phenoxy) is 1. The van der Waals surface area contributed by atoms with E-state index in [1.807, 2.05) is 11.3 Å². The predicted octanol–water partition coefficient (Wildman–Crippen LogP) is 3.53. The van der Waals surface area contributed by atoms with Gasteiger partial charge in [0, 0.05) is 31.1 Å². The molecule has 0 amide bonds. The van der Waals surface area contributed by atoms with E-state index in [1.165, 1.54) is 10.4 Å². The summed E-state index contributed by atoms with van der Waals surface area (Å²) in [4.78, 5) is 3.99. The minimum atomic E-state index is 0.215. The van der Waals surface area contributed by atoms with E-state index in [4.69, 9.17) is 4.74 Å². The van der Waals surface area contributed by atoms with Crippen molar-refractivity contribution in [1.82, 2.24) is 10.2 Å². The smallest absolute Gasteiger partial charge is 0.119 e. The zero-order valence-corrected chi connectivity index (χ0v) is 14.1. The topological polar surface area (TPSA) is 24.5 Å². The molecule has 0 aliphatic carbocycles. The quantitative estimate of drug-likeness (QED) is 0.913. The number of piperazine rings is 1. The van der Waals surface area contributed by atoms with Gasteiger partial charge in [0.25, 0.3) is 0 Å². The average Bonchev–Trinajstić information content (AvgIpc) is 3.04. The molecule has 0 saturated carbocycles. The van der Waals surface area contributed by atoms with Crippen LogP contribution in [0.1, 0.15) is 30.3 Å². The van der Waals surface area contributed by atoms with Crippen LogP contribution in [-0.2, 0) is 0 Å². The molecule has 118 valence electrons. The molecule has 1 aliphatic rings. The summed E-state index contributed by atoms with van der Waals surface area (Å²) < 4.78 is 5.76. The molecule has 4 heteroatoms. The normalized spacial score (nSPS) is 17.6. The van der Waals surface area contributed by atoms with Crippen molar-refractivity contribution in [3.8, 4) is 5.75 Å². The maximum Gasteiger partial charge on any atom is 0.119 e. The fourth-order valence-electron chi connectivity index (χ4n) is 2.94. The Morgan fingerprint density at radius 2 is 1.82 bits per heavy atom. The predicted molar refractivity (Wildman–Crippen MR) is 92.8 cm³/mol. The summed E-state index contributed by atoms with van der Waals surface area (Å²) >= 11 is 1.84. The first-order valence-corrected chi connectivity index (χ1v) is 8.87. The van der Waals surface area contributed by atoms with E-state index in [0.717, 1.165) is 31.9 Å². The summed E-state index contributed by atoms with van der Waals surface area (Å²) in [5, 5.41) is 5.61. The van der Waals surface area contributed by atoms with Gasteiger partial charge >= 0.3 is 0 Å². The van der Waals surface area contributed by atoms with Gasteiger partial charge in [-0.05, 0) is 43.0 Å². The van der Waals surface area contributed by atoms with Crippen LogP contribution >= 0.6 is 11.3 Å². The number of nitrogens with one attached hydrogen (secondary N) is 1. The van der Waals surface area contributed by atoms with E-state index in [9.17, 15) is 0 Å². The Morgan fingerprint density at radius 3 is 2.41 bits per heavy atom. The van der Waals surface area contributed by atoms with Gasteiger partial charge < -0.3 is 10.1 Å². The molecule has 2 heterocycles. The molecule has 1 saturated heterocycles. The Hall–Kier alpha value is -1.36. The van der Waals surface area contributed by atoms with Crippen LogP contribution in [0.5, 0.6) is 5.75 Å². The van der Waals surface area contributed by atoms with Crippen molar-refractivity contribution in [3.63, 3.8) is 0 Å². The molecule has 22 heavy (non-hydrogen) atoms. The maximum atomic E-state index is 5.76. The van der Waals surface area contributed by atoms with Gasteiger partial charge in [-0.25, -0.2) is 0 Å². The van der Waals surface area contributed by atoms with Crippen molar-refractivity contribution in [1.29, 1.82) is 0 Å². The van der Waals surface area contributed by atoms with Crippen molar-refractivity contribution in [2.75, 3.05) is 26.2 Å². The van der Waals surface area contributed by atoms with Gasteiger partial charge in [0.15, 0.2) is 0 Å². The first kappa shape index (κ1) is 15.5. The molecule has 3 rings (SSSR count). The Labute approximate surface area is 136 Å². The Balaban J connectivity index is 1.85. The lowest BCUT2D eigenvalue weighted by Gasteiger charge is -2.34. The van der Waals surface area contributed by atoms with Gasteiger partial charge in [-0.1, -0.05) is 18.2 Å². The van der Waals surface area contributed by atoms with Crippen LogP contribution in [0.3, 0.4) is 0 Å². The third-order valence-electron chi connectivity index (χ3n) is 3.90. The van der Waals surface area contributed by atoms with E-state index in [-0.39, 0.29) is 6.10 Å². The summed E-state index contributed by atoms with van der Waals surface area (Å²) in [6, 6.07) is 13.4. The lowest BCUT2D eigenvalue weighted by molar-refractivity contribution is 0.200. The molecular weight excluding hydrogens is 292 g/mol. The van der Waals surface area contributed by atoms with Crippen LogP contribution in [0, 0.1) is 0 Å². The van der Waals surface area contributed by atoms with Crippen LogP contribution in [-0.4, -0.2) is 37.2 Å². The SMILES string of the molecule is CC(C)Oc1ccc([C@@H](c2cccs2)N2CCNCC2)cc1. The number of benzene rings is 1. The highest BCUT2D eigenvalue weighted by molar-refractivity contribution is 7.10. The summed E-state index contributed by atoms with van der Waals surface area (Å²) in [7, 11) is 0.